The molecule has 1 fully saturated rings. The predicted molar refractivity (Wildman–Crippen MR) is 45.1 cm³/mol. The number of hydrogen-bond acceptors (Lipinski definition) is 4. The third-order valence-electron chi connectivity index (χ3n) is 2.35. The average Bonchev–Trinajstić information content (AvgIpc) is 2.46. The van der Waals surface area contributed by atoms with Crippen LogP contribution in [0.3, 0.4) is 0 Å². The van der Waals surface area contributed by atoms with Crippen LogP contribution in [0.1, 0.15) is 18.9 Å². The average molecular weight is 182 g/mol. The lowest BCUT2D eigenvalue weighted by molar-refractivity contribution is -0.389. The van der Waals surface area contributed by atoms with Crippen molar-refractivity contribution in [3.05, 3.63) is 22.6 Å². The van der Waals surface area contributed by atoms with Crippen molar-refractivity contribution in [3.63, 3.8) is 0 Å². The van der Waals surface area contributed by atoms with Crippen LogP contribution < -0.4 is 5.73 Å². The zero-order valence-electron chi connectivity index (χ0n) is 6.96. The molecule has 1 aliphatic rings. The Bertz CT molecular complexity index is 329. The highest BCUT2D eigenvalue weighted by Gasteiger charge is 2.28. The summed E-state index contributed by atoms with van der Waals surface area (Å²) in [5, 5.41) is 10.3. The molecule has 0 unspecified atom stereocenters. The summed E-state index contributed by atoms with van der Waals surface area (Å²) in [6.45, 7) is 0. The third kappa shape index (κ3) is 1.40. The van der Waals surface area contributed by atoms with Gasteiger partial charge in [-0.25, -0.2) is 0 Å². The van der Waals surface area contributed by atoms with E-state index in [9.17, 15) is 10.1 Å². The van der Waals surface area contributed by atoms with Gasteiger partial charge in [-0.15, -0.1) is 0 Å². The van der Waals surface area contributed by atoms with Gasteiger partial charge in [0.15, 0.2) is 0 Å². The van der Waals surface area contributed by atoms with Gasteiger partial charge in [0, 0.05) is 12.1 Å². The van der Waals surface area contributed by atoms with E-state index in [1.165, 1.54) is 12.5 Å². The lowest BCUT2D eigenvalue weighted by atomic mass is 9.87. The van der Waals surface area contributed by atoms with E-state index in [0.29, 0.717) is 6.04 Å². The molecule has 1 aliphatic carbocycles. The number of hydrogen-bond donors (Lipinski definition) is 1. The Morgan fingerprint density at radius 2 is 2.38 bits per heavy atom. The largest absolute Gasteiger partial charge is 0.381 e. The van der Waals surface area contributed by atoms with Crippen LogP contribution in [0.5, 0.6) is 0 Å². The topological polar surface area (TPSA) is 87.0 Å². The van der Waals surface area contributed by atoms with Crippen molar-refractivity contribution in [2.24, 2.45) is 5.73 Å². The first-order chi connectivity index (χ1) is 6.16. The van der Waals surface area contributed by atoms with Gasteiger partial charge < -0.3 is 20.4 Å². The summed E-state index contributed by atoms with van der Waals surface area (Å²) in [5.74, 6) is -0.0968. The number of imidazole rings is 1. The molecular formula is C7H10N4O2. The summed E-state index contributed by atoms with van der Waals surface area (Å²) >= 11 is 0. The fourth-order valence-corrected chi connectivity index (χ4v) is 1.49. The Kier molecular flexibility index (Phi) is 1.77. The number of aromatic nitrogens is 2. The molecule has 70 valence electrons. The normalized spacial score (nSPS) is 26.8. The fraction of sp³-hybridized carbons (Fsp3) is 0.571. The van der Waals surface area contributed by atoms with Gasteiger partial charge in [0.25, 0.3) is 0 Å². The van der Waals surface area contributed by atoms with Crippen LogP contribution in [0.25, 0.3) is 0 Å². The van der Waals surface area contributed by atoms with Crippen molar-refractivity contribution in [2.45, 2.75) is 24.9 Å². The van der Waals surface area contributed by atoms with Crippen molar-refractivity contribution >= 4 is 5.82 Å². The standard InChI is InChI=1S/C7H10N4O2/c8-5-1-6(2-5)10-3-7(9-4-10)11(12)13/h3-6H,1-2,8H2. The minimum Gasteiger partial charge on any atom is -0.358 e. The Balaban J connectivity index is 2.10. The van der Waals surface area contributed by atoms with Crippen LogP contribution in [-0.4, -0.2) is 20.5 Å². The Morgan fingerprint density at radius 1 is 1.69 bits per heavy atom. The van der Waals surface area contributed by atoms with Crippen molar-refractivity contribution in [2.75, 3.05) is 0 Å². The lowest BCUT2D eigenvalue weighted by Crippen LogP contribution is -2.37. The highest BCUT2D eigenvalue weighted by Crippen LogP contribution is 2.31. The monoisotopic (exact) mass is 182 g/mol. The molecule has 0 atom stereocenters. The van der Waals surface area contributed by atoms with E-state index in [4.69, 9.17) is 5.73 Å². The number of nitrogens with two attached hydrogens (primary N) is 1. The summed E-state index contributed by atoms with van der Waals surface area (Å²) in [5.41, 5.74) is 5.61. The summed E-state index contributed by atoms with van der Waals surface area (Å²) < 4.78 is 1.77. The third-order valence-corrected chi connectivity index (χ3v) is 2.35. The highest BCUT2D eigenvalue weighted by atomic mass is 16.6. The number of nitro groups is 1. The Hall–Kier alpha value is -1.43. The predicted octanol–water partition coefficient (Wildman–Crippen LogP) is 0.453. The van der Waals surface area contributed by atoms with Gasteiger partial charge in [-0.3, -0.25) is 0 Å². The molecule has 0 radical (unpaired) electrons. The van der Waals surface area contributed by atoms with E-state index < -0.39 is 4.92 Å². The quantitative estimate of drug-likeness (QED) is 0.531. The second-order valence-electron chi connectivity index (χ2n) is 3.32. The Morgan fingerprint density at radius 3 is 2.85 bits per heavy atom. The van der Waals surface area contributed by atoms with Crippen LogP contribution in [-0.2, 0) is 0 Å². The molecule has 2 rings (SSSR count). The first-order valence-corrected chi connectivity index (χ1v) is 4.10. The van der Waals surface area contributed by atoms with E-state index in [2.05, 4.69) is 4.98 Å². The second-order valence-corrected chi connectivity index (χ2v) is 3.32. The van der Waals surface area contributed by atoms with Crippen molar-refractivity contribution in [3.8, 4) is 0 Å². The summed E-state index contributed by atoms with van der Waals surface area (Å²) in [6.07, 6.45) is 4.71. The molecular weight excluding hydrogens is 172 g/mol. The molecule has 2 N–H and O–H groups in total. The Labute approximate surface area is 74.5 Å². The van der Waals surface area contributed by atoms with E-state index >= 15 is 0 Å². The molecule has 6 heteroatoms. The smallest absolute Gasteiger partial charge is 0.358 e. The van der Waals surface area contributed by atoms with Crippen LogP contribution in [0, 0.1) is 10.1 Å². The minimum atomic E-state index is -0.491. The molecule has 1 aromatic rings. The zero-order chi connectivity index (χ0) is 9.42. The summed E-state index contributed by atoms with van der Waals surface area (Å²) in [6, 6.07) is 0.544. The van der Waals surface area contributed by atoms with Gasteiger partial charge >= 0.3 is 5.82 Å². The second kappa shape index (κ2) is 2.81. The molecule has 1 aromatic heterocycles. The molecule has 6 nitrogen and oxygen atoms in total. The first-order valence-electron chi connectivity index (χ1n) is 4.10. The number of rotatable bonds is 2. The van der Waals surface area contributed by atoms with E-state index in [1.807, 2.05) is 0 Å². The van der Waals surface area contributed by atoms with Crippen LogP contribution in [0.2, 0.25) is 0 Å². The molecule has 1 saturated carbocycles. The summed E-state index contributed by atoms with van der Waals surface area (Å²) in [4.78, 5) is 13.5. The highest BCUT2D eigenvalue weighted by molar-refractivity contribution is 5.13. The number of nitrogens with zero attached hydrogens (tertiary/aromatic N) is 3. The van der Waals surface area contributed by atoms with E-state index in [0.717, 1.165) is 12.8 Å². The van der Waals surface area contributed by atoms with Gasteiger partial charge in [-0.2, -0.15) is 0 Å². The molecule has 0 aromatic carbocycles. The molecule has 0 aliphatic heterocycles. The molecule has 0 saturated heterocycles. The van der Waals surface area contributed by atoms with E-state index in [1.54, 1.807) is 4.57 Å². The van der Waals surface area contributed by atoms with Crippen LogP contribution in [0.4, 0.5) is 5.82 Å². The van der Waals surface area contributed by atoms with Crippen molar-refractivity contribution < 1.29 is 4.92 Å². The first kappa shape index (κ1) is 8.18. The van der Waals surface area contributed by atoms with Crippen molar-refractivity contribution in [1.82, 2.24) is 9.55 Å². The molecule has 0 bridgehead atoms. The van der Waals surface area contributed by atoms with Gasteiger partial charge in [-0.1, -0.05) is 0 Å². The van der Waals surface area contributed by atoms with E-state index in [-0.39, 0.29) is 11.9 Å². The maximum Gasteiger partial charge on any atom is 0.381 e. The molecule has 0 amide bonds. The summed E-state index contributed by atoms with van der Waals surface area (Å²) in [7, 11) is 0. The lowest BCUT2D eigenvalue weighted by Gasteiger charge is -2.32. The van der Waals surface area contributed by atoms with Crippen LogP contribution in [0.15, 0.2) is 12.5 Å². The van der Waals surface area contributed by atoms with Gasteiger partial charge in [0.2, 0.25) is 6.33 Å². The molecule has 0 spiro atoms. The fourth-order valence-electron chi connectivity index (χ4n) is 1.49. The maximum absolute atomic E-state index is 10.3. The van der Waals surface area contributed by atoms with Gasteiger partial charge in [0.1, 0.15) is 6.20 Å². The molecule has 13 heavy (non-hydrogen) atoms. The molecule has 1 heterocycles. The van der Waals surface area contributed by atoms with Crippen molar-refractivity contribution in [1.29, 1.82) is 0 Å². The van der Waals surface area contributed by atoms with Crippen LogP contribution >= 0.6 is 0 Å². The zero-order valence-corrected chi connectivity index (χ0v) is 6.96. The maximum atomic E-state index is 10.3. The van der Waals surface area contributed by atoms with Gasteiger partial charge in [-0.05, 0) is 22.7 Å². The minimum absolute atomic E-state index is 0.0968. The van der Waals surface area contributed by atoms with Gasteiger partial charge in [0.05, 0.1) is 0 Å². The SMILES string of the molecule is NC1CC(n2cnc([N+](=O)[O-])c2)C1.